The van der Waals surface area contributed by atoms with Gasteiger partial charge in [-0.25, -0.2) is 4.68 Å². The van der Waals surface area contributed by atoms with Crippen LogP contribution in [0, 0.1) is 0 Å². The fraction of sp³-hybridized carbons (Fsp3) is 0.0800. The number of benzene rings is 2. The van der Waals surface area contributed by atoms with Gasteiger partial charge >= 0.3 is 0 Å². The van der Waals surface area contributed by atoms with Gasteiger partial charge in [-0.15, -0.1) is 5.10 Å². The van der Waals surface area contributed by atoms with Crippen molar-refractivity contribution < 1.29 is 9.21 Å². The average molecular weight is 451 g/mol. The number of aromatic nitrogens is 6. The number of hydrogen-bond donors (Lipinski definition) is 1. The molecule has 5 aromatic rings. The van der Waals surface area contributed by atoms with Crippen LogP contribution in [0.3, 0.4) is 0 Å². The minimum absolute atomic E-state index is 0.249. The molecule has 0 spiro atoms. The Morgan fingerprint density at radius 3 is 2.56 bits per heavy atom. The van der Waals surface area contributed by atoms with Gasteiger partial charge in [0.15, 0.2) is 5.82 Å². The van der Waals surface area contributed by atoms with Gasteiger partial charge in [0.25, 0.3) is 5.91 Å². The van der Waals surface area contributed by atoms with E-state index in [9.17, 15) is 4.79 Å². The molecule has 168 valence electrons. The molecule has 5 rings (SSSR count). The van der Waals surface area contributed by atoms with Crippen LogP contribution in [0.5, 0.6) is 0 Å². The van der Waals surface area contributed by atoms with E-state index in [4.69, 9.17) is 4.42 Å². The van der Waals surface area contributed by atoms with Crippen molar-refractivity contribution in [2.24, 2.45) is 0 Å². The van der Waals surface area contributed by atoms with Gasteiger partial charge in [0.1, 0.15) is 11.5 Å². The van der Waals surface area contributed by atoms with Crippen molar-refractivity contribution in [3.05, 3.63) is 103 Å². The molecular formula is C25H21N7O2. The lowest BCUT2D eigenvalue weighted by molar-refractivity contribution is -0.115. The van der Waals surface area contributed by atoms with Crippen molar-refractivity contribution in [1.82, 2.24) is 35.3 Å². The summed E-state index contributed by atoms with van der Waals surface area (Å²) in [6.07, 6.45) is 7.53. The third-order valence-electron chi connectivity index (χ3n) is 5.14. The molecule has 1 amide bonds. The van der Waals surface area contributed by atoms with Gasteiger partial charge in [-0.3, -0.25) is 4.79 Å². The standard InChI is InChI=1S/C25H21N7O2/c33-25(26-14-13-19-17-27-31(18-19)21-10-5-2-6-11-21)23(16-22-12-7-15-34-22)32-24(28-29-30-32)20-8-3-1-4-9-20/h1-12,15-18H,13-14H2,(H,26,33)/b23-16+. The van der Waals surface area contributed by atoms with Gasteiger partial charge in [0, 0.05) is 24.4 Å². The van der Waals surface area contributed by atoms with Crippen LogP contribution in [-0.2, 0) is 11.2 Å². The van der Waals surface area contributed by atoms with Crippen LogP contribution < -0.4 is 5.32 Å². The number of rotatable bonds is 8. The fourth-order valence-electron chi connectivity index (χ4n) is 3.47. The number of tetrazole rings is 1. The van der Waals surface area contributed by atoms with Crippen molar-refractivity contribution in [2.45, 2.75) is 6.42 Å². The highest BCUT2D eigenvalue weighted by molar-refractivity contribution is 6.18. The largest absolute Gasteiger partial charge is 0.465 e. The molecule has 9 nitrogen and oxygen atoms in total. The van der Waals surface area contributed by atoms with Gasteiger partial charge in [-0.05, 0) is 46.7 Å². The Balaban J connectivity index is 1.33. The molecule has 0 radical (unpaired) electrons. The molecule has 0 aliphatic rings. The van der Waals surface area contributed by atoms with Gasteiger partial charge in [-0.1, -0.05) is 48.5 Å². The molecule has 34 heavy (non-hydrogen) atoms. The number of carbonyl (C=O) groups is 1. The summed E-state index contributed by atoms with van der Waals surface area (Å²) < 4.78 is 8.66. The van der Waals surface area contributed by atoms with E-state index in [1.165, 1.54) is 4.68 Å². The second kappa shape index (κ2) is 9.78. The summed E-state index contributed by atoms with van der Waals surface area (Å²) >= 11 is 0. The normalized spacial score (nSPS) is 11.5. The van der Waals surface area contributed by atoms with E-state index in [1.807, 2.05) is 71.5 Å². The van der Waals surface area contributed by atoms with Crippen molar-refractivity contribution in [2.75, 3.05) is 6.54 Å². The number of nitrogens with one attached hydrogen (secondary N) is 1. The quantitative estimate of drug-likeness (QED) is 0.362. The molecule has 0 fully saturated rings. The maximum Gasteiger partial charge on any atom is 0.270 e. The number of amides is 1. The summed E-state index contributed by atoms with van der Waals surface area (Å²) in [5.74, 6) is 0.651. The SMILES string of the molecule is O=C(NCCc1cnn(-c2ccccc2)c1)/C(=C\c1ccco1)n1nnnc1-c1ccccc1. The predicted molar refractivity (Wildman–Crippen MR) is 126 cm³/mol. The first-order chi connectivity index (χ1) is 16.8. The predicted octanol–water partition coefficient (Wildman–Crippen LogP) is 3.48. The molecule has 0 bridgehead atoms. The maximum absolute atomic E-state index is 13.2. The van der Waals surface area contributed by atoms with E-state index >= 15 is 0 Å². The van der Waals surface area contributed by atoms with Gasteiger partial charge in [0.05, 0.1) is 18.1 Å². The van der Waals surface area contributed by atoms with E-state index in [0.29, 0.717) is 24.6 Å². The molecule has 0 aliphatic heterocycles. The third-order valence-corrected chi connectivity index (χ3v) is 5.14. The molecule has 3 aromatic heterocycles. The Hall–Kier alpha value is -4.79. The van der Waals surface area contributed by atoms with Crippen molar-refractivity contribution >= 4 is 17.7 Å². The van der Waals surface area contributed by atoms with E-state index in [1.54, 1.807) is 30.7 Å². The van der Waals surface area contributed by atoms with E-state index in [-0.39, 0.29) is 11.6 Å². The Bertz CT molecular complexity index is 1390. The molecule has 0 unspecified atom stereocenters. The summed E-state index contributed by atoms with van der Waals surface area (Å²) in [4.78, 5) is 13.2. The maximum atomic E-state index is 13.2. The minimum Gasteiger partial charge on any atom is -0.465 e. The van der Waals surface area contributed by atoms with Gasteiger partial charge < -0.3 is 9.73 Å². The lowest BCUT2D eigenvalue weighted by Gasteiger charge is -2.10. The summed E-state index contributed by atoms with van der Waals surface area (Å²) in [6, 6.07) is 22.8. The zero-order chi connectivity index (χ0) is 23.2. The molecule has 1 N–H and O–H groups in total. The third kappa shape index (κ3) is 4.68. The number of hydrogen-bond acceptors (Lipinski definition) is 6. The molecule has 0 atom stereocenters. The molecule has 3 heterocycles. The number of furan rings is 1. The van der Waals surface area contributed by atoms with Crippen LogP contribution in [0.1, 0.15) is 11.3 Å². The summed E-state index contributed by atoms with van der Waals surface area (Å²) in [5.41, 5.74) is 3.03. The van der Waals surface area contributed by atoms with Gasteiger partial charge in [0.2, 0.25) is 0 Å². The number of carbonyl (C=O) groups excluding carboxylic acids is 1. The summed E-state index contributed by atoms with van der Waals surface area (Å²) in [6.45, 7) is 0.414. The van der Waals surface area contributed by atoms with Crippen molar-refractivity contribution in [3.63, 3.8) is 0 Å². The molecular weight excluding hydrogens is 430 g/mol. The molecule has 9 heteroatoms. The molecule has 0 aliphatic carbocycles. The van der Waals surface area contributed by atoms with Crippen LogP contribution in [0.15, 0.2) is 95.9 Å². The van der Waals surface area contributed by atoms with Crippen LogP contribution in [0.2, 0.25) is 0 Å². The molecule has 2 aromatic carbocycles. The highest BCUT2D eigenvalue weighted by atomic mass is 16.3. The Kier molecular flexibility index (Phi) is 6.06. The Morgan fingerprint density at radius 2 is 1.79 bits per heavy atom. The van der Waals surface area contributed by atoms with Crippen LogP contribution in [0.4, 0.5) is 0 Å². The lowest BCUT2D eigenvalue weighted by atomic mass is 10.2. The first-order valence-corrected chi connectivity index (χ1v) is 10.7. The highest BCUT2D eigenvalue weighted by Gasteiger charge is 2.19. The van der Waals surface area contributed by atoms with Crippen molar-refractivity contribution in [1.29, 1.82) is 0 Å². The molecule has 0 saturated heterocycles. The Morgan fingerprint density at radius 1 is 1.00 bits per heavy atom. The highest BCUT2D eigenvalue weighted by Crippen LogP contribution is 2.20. The smallest absolute Gasteiger partial charge is 0.270 e. The average Bonchev–Trinajstić information content (AvgIpc) is 3.66. The summed E-state index contributed by atoms with van der Waals surface area (Å²) in [7, 11) is 0. The van der Waals surface area contributed by atoms with Crippen LogP contribution >= 0.6 is 0 Å². The van der Waals surface area contributed by atoms with Crippen LogP contribution in [-0.4, -0.2) is 42.4 Å². The second-order valence-corrected chi connectivity index (χ2v) is 7.46. The number of nitrogens with zero attached hydrogens (tertiary/aromatic N) is 6. The van der Waals surface area contributed by atoms with Crippen LogP contribution in [0.25, 0.3) is 28.8 Å². The van der Waals surface area contributed by atoms with Crippen molar-refractivity contribution in [3.8, 4) is 17.1 Å². The number of para-hydroxylation sites is 1. The van der Waals surface area contributed by atoms with E-state index < -0.39 is 0 Å². The lowest BCUT2D eigenvalue weighted by Crippen LogP contribution is -2.29. The first-order valence-electron chi connectivity index (χ1n) is 10.7. The first kappa shape index (κ1) is 21.1. The van der Waals surface area contributed by atoms with E-state index in [0.717, 1.165) is 16.8 Å². The van der Waals surface area contributed by atoms with Gasteiger partial charge in [-0.2, -0.15) is 9.78 Å². The monoisotopic (exact) mass is 451 g/mol. The zero-order valence-electron chi connectivity index (χ0n) is 18.2. The fourth-order valence-corrected chi connectivity index (χ4v) is 3.47. The Labute approximate surface area is 195 Å². The minimum atomic E-state index is -0.323. The van der Waals surface area contributed by atoms with E-state index in [2.05, 4.69) is 25.9 Å². The zero-order valence-corrected chi connectivity index (χ0v) is 18.2. The summed E-state index contributed by atoms with van der Waals surface area (Å²) in [5, 5.41) is 19.3. The molecule has 0 saturated carbocycles. The second-order valence-electron chi connectivity index (χ2n) is 7.46. The topological polar surface area (TPSA) is 104 Å².